The molecule has 0 unspecified atom stereocenters. The molecule has 1 amide bonds. The van der Waals surface area contributed by atoms with Crippen LogP contribution in [0.3, 0.4) is 0 Å². The number of hydrogen-bond donors (Lipinski definition) is 2. The molecule has 6 nitrogen and oxygen atoms in total. The fourth-order valence-electron chi connectivity index (χ4n) is 2.78. The minimum Gasteiger partial charge on any atom is -0.492 e. The molecular formula is C20H23N3O3S. The first-order chi connectivity index (χ1) is 13.2. The Morgan fingerprint density at radius 3 is 2.52 bits per heavy atom. The van der Waals surface area contributed by atoms with Crippen LogP contribution in [0.15, 0.2) is 48.5 Å². The molecule has 1 aliphatic rings. The van der Waals surface area contributed by atoms with Gasteiger partial charge in [-0.1, -0.05) is 12.1 Å². The zero-order valence-corrected chi connectivity index (χ0v) is 16.1. The van der Waals surface area contributed by atoms with Crippen molar-refractivity contribution in [1.82, 2.24) is 4.90 Å². The third-order valence-corrected chi connectivity index (χ3v) is 4.33. The van der Waals surface area contributed by atoms with Crippen LogP contribution in [-0.2, 0) is 4.74 Å². The molecule has 3 rings (SSSR count). The Hall–Kier alpha value is -2.64. The van der Waals surface area contributed by atoms with Gasteiger partial charge in [0.2, 0.25) is 0 Å². The van der Waals surface area contributed by atoms with E-state index in [0.29, 0.717) is 43.6 Å². The van der Waals surface area contributed by atoms with Gasteiger partial charge < -0.3 is 25.0 Å². The third-order valence-electron chi connectivity index (χ3n) is 4.12. The number of amides is 1. The molecular weight excluding hydrogens is 362 g/mol. The first kappa shape index (κ1) is 19.1. The Balaban J connectivity index is 1.59. The molecule has 27 heavy (non-hydrogen) atoms. The molecule has 0 bridgehead atoms. The normalized spacial score (nSPS) is 13.7. The van der Waals surface area contributed by atoms with Crippen LogP contribution in [0.2, 0.25) is 0 Å². The van der Waals surface area contributed by atoms with Gasteiger partial charge in [0, 0.05) is 24.3 Å². The predicted molar refractivity (Wildman–Crippen MR) is 111 cm³/mol. The summed E-state index contributed by atoms with van der Waals surface area (Å²) in [6, 6.07) is 14.9. The summed E-state index contributed by atoms with van der Waals surface area (Å²) in [4.78, 5) is 14.3. The number of para-hydroxylation sites is 2. The number of anilines is 2. The van der Waals surface area contributed by atoms with E-state index in [1.54, 1.807) is 12.1 Å². The summed E-state index contributed by atoms with van der Waals surface area (Å²) in [7, 11) is 0. The largest absolute Gasteiger partial charge is 0.492 e. The van der Waals surface area contributed by atoms with E-state index in [4.69, 9.17) is 21.7 Å². The highest BCUT2D eigenvalue weighted by Gasteiger charge is 2.18. The van der Waals surface area contributed by atoms with Crippen molar-refractivity contribution in [2.45, 2.75) is 6.92 Å². The smallest absolute Gasteiger partial charge is 0.254 e. The Morgan fingerprint density at radius 2 is 1.81 bits per heavy atom. The fourth-order valence-corrected chi connectivity index (χ4v) is 3.01. The Bertz CT molecular complexity index is 789. The lowest BCUT2D eigenvalue weighted by molar-refractivity contribution is 0.0303. The van der Waals surface area contributed by atoms with Gasteiger partial charge >= 0.3 is 0 Å². The fraction of sp³-hybridized carbons (Fsp3) is 0.300. The number of morpholine rings is 1. The number of rotatable bonds is 5. The van der Waals surface area contributed by atoms with E-state index in [1.807, 2.05) is 48.2 Å². The number of carbonyl (C=O) groups is 1. The van der Waals surface area contributed by atoms with Crippen molar-refractivity contribution in [2.24, 2.45) is 0 Å². The van der Waals surface area contributed by atoms with Crippen molar-refractivity contribution in [3.63, 3.8) is 0 Å². The van der Waals surface area contributed by atoms with E-state index in [2.05, 4.69) is 10.6 Å². The first-order valence-corrected chi connectivity index (χ1v) is 9.35. The topological polar surface area (TPSA) is 62.8 Å². The predicted octanol–water partition coefficient (Wildman–Crippen LogP) is 3.37. The number of nitrogens with one attached hydrogen (secondary N) is 2. The van der Waals surface area contributed by atoms with Crippen LogP contribution in [0.4, 0.5) is 11.4 Å². The van der Waals surface area contributed by atoms with Crippen LogP contribution in [-0.4, -0.2) is 48.8 Å². The molecule has 2 aromatic carbocycles. The molecule has 1 aliphatic heterocycles. The molecule has 0 spiro atoms. The quantitative estimate of drug-likeness (QED) is 0.770. The van der Waals surface area contributed by atoms with Crippen molar-refractivity contribution in [1.29, 1.82) is 0 Å². The van der Waals surface area contributed by atoms with Crippen molar-refractivity contribution in [3.8, 4) is 5.75 Å². The average Bonchev–Trinajstić information content (AvgIpc) is 2.70. The highest BCUT2D eigenvalue weighted by Crippen LogP contribution is 2.24. The molecule has 0 radical (unpaired) electrons. The molecule has 0 saturated carbocycles. The molecule has 0 aromatic heterocycles. The van der Waals surface area contributed by atoms with Crippen molar-refractivity contribution >= 4 is 34.6 Å². The highest BCUT2D eigenvalue weighted by molar-refractivity contribution is 7.80. The van der Waals surface area contributed by atoms with Crippen LogP contribution in [0.25, 0.3) is 0 Å². The monoisotopic (exact) mass is 385 g/mol. The number of ether oxygens (including phenoxy) is 2. The molecule has 2 aromatic rings. The number of thiocarbonyl (C=S) groups is 1. The van der Waals surface area contributed by atoms with E-state index in [0.717, 1.165) is 17.1 Å². The van der Waals surface area contributed by atoms with Crippen molar-refractivity contribution in [2.75, 3.05) is 43.5 Å². The summed E-state index contributed by atoms with van der Waals surface area (Å²) < 4.78 is 10.9. The van der Waals surface area contributed by atoms with E-state index < -0.39 is 0 Å². The second-order valence-corrected chi connectivity index (χ2v) is 6.40. The molecule has 1 saturated heterocycles. The number of nitrogens with zero attached hydrogens (tertiary/aromatic N) is 1. The first-order valence-electron chi connectivity index (χ1n) is 8.94. The summed E-state index contributed by atoms with van der Waals surface area (Å²) in [5.41, 5.74) is 2.26. The molecule has 2 N–H and O–H groups in total. The maximum atomic E-state index is 12.5. The van der Waals surface area contributed by atoms with Gasteiger partial charge in [-0.25, -0.2) is 0 Å². The third kappa shape index (κ3) is 5.18. The maximum absolute atomic E-state index is 12.5. The van der Waals surface area contributed by atoms with Crippen LogP contribution in [0, 0.1) is 0 Å². The highest BCUT2D eigenvalue weighted by atomic mass is 32.1. The second kappa shape index (κ2) is 9.34. The number of benzene rings is 2. The SMILES string of the molecule is CCOc1ccccc1NC(=S)Nc1ccc(C(=O)N2CCOCC2)cc1. The zero-order valence-electron chi connectivity index (χ0n) is 15.2. The van der Waals surface area contributed by atoms with Crippen LogP contribution in [0.1, 0.15) is 17.3 Å². The number of carbonyl (C=O) groups excluding carboxylic acids is 1. The second-order valence-electron chi connectivity index (χ2n) is 5.99. The van der Waals surface area contributed by atoms with Gasteiger partial charge in [0.1, 0.15) is 5.75 Å². The van der Waals surface area contributed by atoms with Crippen molar-refractivity contribution in [3.05, 3.63) is 54.1 Å². The van der Waals surface area contributed by atoms with E-state index >= 15 is 0 Å². The lowest BCUT2D eigenvalue weighted by atomic mass is 10.1. The average molecular weight is 385 g/mol. The van der Waals surface area contributed by atoms with Crippen molar-refractivity contribution < 1.29 is 14.3 Å². The van der Waals surface area contributed by atoms with Gasteiger partial charge in [-0.15, -0.1) is 0 Å². The Kier molecular flexibility index (Phi) is 6.62. The molecule has 1 fully saturated rings. The van der Waals surface area contributed by atoms with Crippen LogP contribution >= 0.6 is 12.2 Å². The summed E-state index contributed by atoms with van der Waals surface area (Å²) in [5, 5.41) is 6.72. The Morgan fingerprint density at radius 1 is 1.11 bits per heavy atom. The van der Waals surface area contributed by atoms with Crippen LogP contribution in [0.5, 0.6) is 5.75 Å². The lowest BCUT2D eigenvalue weighted by Gasteiger charge is -2.26. The molecule has 1 heterocycles. The summed E-state index contributed by atoms with van der Waals surface area (Å²) in [5.74, 6) is 0.770. The Labute approximate surface area is 164 Å². The van der Waals surface area contributed by atoms with E-state index in [1.165, 1.54) is 0 Å². The minimum absolute atomic E-state index is 0.0243. The molecule has 0 atom stereocenters. The maximum Gasteiger partial charge on any atom is 0.254 e. The van der Waals surface area contributed by atoms with E-state index in [-0.39, 0.29) is 5.91 Å². The number of hydrogen-bond acceptors (Lipinski definition) is 4. The molecule has 7 heteroatoms. The van der Waals surface area contributed by atoms with Gasteiger partial charge in [-0.3, -0.25) is 4.79 Å². The van der Waals surface area contributed by atoms with Gasteiger partial charge in [0.25, 0.3) is 5.91 Å². The standard InChI is InChI=1S/C20H23N3O3S/c1-2-26-18-6-4-3-5-17(18)22-20(27)21-16-9-7-15(8-10-16)19(24)23-11-13-25-14-12-23/h3-10H,2,11-14H2,1H3,(H2,21,22,27). The lowest BCUT2D eigenvalue weighted by Crippen LogP contribution is -2.40. The summed E-state index contributed by atoms with van der Waals surface area (Å²) in [6.07, 6.45) is 0. The summed E-state index contributed by atoms with van der Waals surface area (Å²) >= 11 is 5.38. The van der Waals surface area contributed by atoms with Gasteiger partial charge in [-0.2, -0.15) is 0 Å². The zero-order chi connectivity index (χ0) is 19.1. The molecule has 0 aliphatic carbocycles. The van der Waals surface area contributed by atoms with Gasteiger partial charge in [0.05, 0.1) is 25.5 Å². The van der Waals surface area contributed by atoms with Gasteiger partial charge in [-0.05, 0) is 55.5 Å². The van der Waals surface area contributed by atoms with Gasteiger partial charge in [0.15, 0.2) is 5.11 Å². The summed E-state index contributed by atoms with van der Waals surface area (Å²) in [6.45, 7) is 4.96. The van der Waals surface area contributed by atoms with Crippen LogP contribution < -0.4 is 15.4 Å². The minimum atomic E-state index is 0.0243. The van der Waals surface area contributed by atoms with E-state index in [9.17, 15) is 4.79 Å². The molecule has 142 valence electrons.